The molecule has 0 bridgehead atoms. The zero-order valence-corrected chi connectivity index (χ0v) is 13.4. The fourth-order valence-electron chi connectivity index (χ4n) is 2.88. The van der Waals surface area contributed by atoms with Gasteiger partial charge in [0.05, 0.1) is 17.8 Å². The van der Waals surface area contributed by atoms with Gasteiger partial charge in [0.15, 0.2) is 0 Å². The number of rotatable bonds is 9. The summed E-state index contributed by atoms with van der Waals surface area (Å²) in [5.74, 6) is 0.630. The number of hydrogen-bond donors (Lipinski definition) is 1. The lowest BCUT2D eigenvalue weighted by Crippen LogP contribution is -2.27. The van der Waals surface area contributed by atoms with E-state index in [4.69, 9.17) is 9.84 Å². The fraction of sp³-hybridized carbons (Fsp3) is 0.588. The topological polar surface area (TPSA) is 39.1 Å². The summed E-state index contributed by atoms with van der Waals surface area (Å²) in [5.41, 5.74) is 2.44. The molecule has 2 rings (SSSR count). The van der Waals surface area contributed by atoms with Crippen molar-refractivity contribution in [3.8, 4) is 0 Å². The van der Waals surface area contributed by atoms with Crippen molar-refractivity contribution >= 4 is 10.9 Å². The Morgan fingerprint density at radius 1 is 1.33 bits per heavy atom. The maximum atomic E-state index is 5.08. The van der Waals surface area contributed by atoms with E-state index in [2.05, 4.69) is 36.5 Å². The van der Waals surface area contributed by atoms with Gasteiger partial charge in [-0.2, -0.15) is 5.10 Å². The van der Waals surface area contributed by atoms with Crippen LogP contribution in [0.3, 0.4) is 0 Å². The van der Waals surface area contributed by atoms with E-state index in [0.29, 0.717) is 5.92 Å². The molecule has 4 nitrogen and oxygen atoms in total. The van der Waals surface area contributed by atoms with E-state index in [0.717, 1.165) is 26.1 Å². The molecule has 1 N–H and O–H groups in total. The van der Waals surface area contributed by atoms with Crippen molar-refractivity contribution in [2.45, 2.75) is 26.2 Å². The number of para-hydroxylation sites is 1. The summed E-state index contributed by atoms with van der Waals surface area (Å²) in [6.45, 7) is 4.96. The second-order valence-corrected chi connectivity index (χ2v) is 5.64. The molecule has 0 saturated heterocycles. The highest BCUT2D eigenvalue weighted by molar-refractivity contribution is 5.81. The molecule has 0 fully saturated rings. The molecular weight excluding hydrogens is 262 g/mol. The number of hydrogen-bond acceptors (Lipinski definition) is 3. The number of nitrogens with zero attached hydrogens (tertiary/aromatic N) is 2. The fourth-order valence-corrected chi connectivity index (χ4v) is 2.88. The lowest BCUT2D eigenvalue weighted by molar-refractivity contribution is 0.197. The number of fused-ring (bicyclic) bond motifs is 1. The van der Waals surface area contributed by atoms with Gasteiger partial charge in [-0.15, -0.1) is 0 Å². The van der Waals surface area contributed by atoms with Crippen LogP contribution in [0.1, 0.15) is 25.5 Å². The van der Waals surface area contributed by atoms with Gasteiger partial charge in [0.1, 0.15) is 0 Å². The summed E-state index contributed by atoms with van der Waals surface area (Å²) in [4.78, 5) is 0. The first kappa shape index (κ1) is 16.0. The quantitative estimate of drug-likeness (QED) is 0.722. The zero-order valence-electron chi connectivity index (χ0n) is 13.4. The van der Waals surface area contributed by atoms with Crippen LogP contribution in [-0.2, 0) is 18.2 Å². The van der Waals surface area contributed by atoms with E-state index >= 15 is 0 Å². The van der Waals surface area contributed by atoms with Crippen LogP contribution in [-0.4, -0.2) is 36.6 Å². The van der Waals surface area contributed by atoms with Crippen molar-refractivity contribution in [2.75, 3.05) is 26.8 Å². The van der Waals surface area contributed by atoms with Gasteiger partial charge in [0, 0.05) is 26.1 Å². The van der Waals surface area contributed by atoms with Crippen molar-refractivity contribution in [1.29, 1.82) is 0 Å². The van der Waals surface area contributed by atoms with Gasteiger partial charge in [0.2, 0.25) is 0 Å². The number of aryl methyl sites for hydroxylation is 1. The SMILES string of the molecule is CCCC(CNCCOC)Cc1nn(C)c2ccccc12. The number of aromatic nitrogens is 2. The molecule has 1 atom stereocenters. The largest absolute Gasteiger partial charge is 0.383 e. The van der Waals surface area contributed by atoms with E-state index in [9.17, 15) is 0 Å². The van der Waals surface area contributed by atoms with E-state index < -0.39 is 0 Å². The summed E-state index contributed by atoms with van der Waals surface area (Å²) in [6.07, 6.45) is 3.47. The Morgan fingerprint density at radius 2 is 2.14 bits per heavy atom. The van der Waals surface area contributed by atoms with Crippen molar-refractivity contribution in [2.24, 2.45) is 13.0 Å². The molecule has 4 heteroatoms. The first-order valence-corrected chi connectivity index (χ1v) is 7.86. The van der Waals surface area contributed by atoms with Crippen LogP contribution in [0.2, 0.25) is 0 Å². The Bertz CT molecular complexity index is 550. The van der Waals surface area contributed by atoms with Crippen LogP contribution in [0.5, 0.6) is 0 Å². The minimum atomic E-state index is 0.630. The first-order chi connectivity index (χ1) is 10.3. The highest BCUT2D eigenvalue weighted by Crippen LogP contribution is 2.21. The number of methoxy groups -OCH3 is 1. The number of nitrogens with one attached hydrogen (secondary N) is 1. The summed E-state index contributed by atoms with van der Waals surface area (Å²) in [5, 5.41) is 9.50. The molecule has 0 saturated carbocycles. The van der Waals surface area contributed by atoms with Crippen LogP contribution < -0.4 is 5.32 Å². The molecule has 0 radical (unpaired) electrons. The van der Waals surface area contributed by atoms with Crippen LogP contribution in [0.25, 0.3) is 10.9 Å². The standard InChI is InChI=1S/C17H27N3O/c1-4-7-14(13-18-10-11-21-3)12-16-15-8-5-6-9-17(15)20(2)19-16/h5-6,8-9,14,18H,4,7,10-13H2,1-3H3. The molecule has 21 heavy (non-hydrogen) atoms. The molecule has 0 spiro atoms. The molecule has 1 aromatic heterocycles. The van der Waals surface area contributed by atoms with Gasteiger partial charge in [-0.3, -0.25) is 4.68 Å². The highest BCUT2D eigenvalue weighted by atomic mass is 16.5. The van der Waals surface area contributed by atoms with Crippen LogP contribution in [0.4, 0.5) is 0 Å². The van der Waals surface area contributed by atoms with E-state index in [1.54, 1.807) is 7.11 Å². The Labute approximate surface area is 127 Å². The molecule has 2 aromatic rings. The number of ether oxygens (including phenoxy) is 1. The molecule has 1 unspecified atom stereocenters. The lowest BCUT2D eigenvalue weighted by Gasteiger charge is -2.16. The van der Waals surface area contributed by atoms with Gasteiger partial charge < -0.3 is 10.1 Å². The maximum absolute atomic E-state index is 5.08. The number of benzene rings is 1. The maximum Gasteiger partial charge on any atom is 0.0706 e. The molecule has 1 heterocycles. The van der Waals surface area contributed by atoms with Gasteiger partial charge in [0.25, 0.3) is 0 Å². The smallest absolute Gasteiger partial charge is 0.0706 e. The lowest BCUT2D eigenvalue weighted by atomic mass is 9.96. The third kappa shape index (κ3) is 4.29. The van der Waals surface area contributed by atoms with Crippen molar-refractivity contribution < 1.29 is 4.74 Å². The molecule has 1 aromatic carbocycles. The third-order valence-electron chi connectivity index (χ3n) is 3.93. The Kier molecular flexibility index (Phi) is 6.21. The van der Waals surface area contributed by atoms with E-state index in [1.807, 2.05) is 11.7 Å². The third-order valence-corrected chi connectivity index (χ3v) is 3.93. The predicted molar refractivity (Wildman–Crippen MR) is 87.6 cm³/mol. The Morgan fingerprint density at radius 3 is 2.90 bits per heavy atom. The van der Waals surface area contributed by atoms with Crippen molar-refractivity contribution in [1.82, 2.24) is 15.1 Å². The normalized spacial score (nSPS) is 12.9. The minimum Gasteiger partial charge on any atom is -0.383 e. The van der Waals surface area contributed by atoms with Gasteiger partial charge in [-0.1, -0.05) is 31.5 Å². The van der Waals surface area contributed by atoms with Crippen molar-refractivity contribution in [3.63, 3.8) is 0 Å². The molecule has 0 amide bonds. The average Bonchev–Trinajstić information content (AvgIpc) is 2.81. The summed E-state index contributed by atoms with van der Waals surface area (Å²) < 4.78 is 7.08. The van der Waals surface area contributed by atoms with Crippen LogP contribution in [0.15, 0.2) is 24.3 Å². The summed E-state index contributed by atoms with van der Waals surface area (Å²) >= 11 is 0. The summed E-state index contributed by atoms with van der Waals surface area (Å²) in [6, 6.07) is 8.49. The monoisotopic (exact) mass is 289 g/mol. The van der Waals surface area contributed by atoms with E-state index in [1.165, 1.54) is 29.4 Å². The predicted octanol–water partition coefficient (Wildman–Crippen LogP) is 2.77. The molecule has 0 aliphatic carbocycles. The van der Waals surface area contributed by atoms with Crippen molar-refractivity contribution in [3.05, 3.63) is 30.0 Å². The zero-order chi connectivity index (χ0) is 15.1. The summed E-state index contributed by atoms with van der Waals surface area (Å²) in [7, 11) is 3.77. The van der Waals surface area contributed by atoms with Gasteiger partial charge >= 0.3 is 0 Å². The van der Waals surface area contributed by atoms with Gasteiger partial charge in [-0.25, -0.2) is 0 Å². The Hall–Kier alpha value is -1.39. The second kappa shape index (κ2) is 8.15. The highest BCUT2D eigenvalue weighted by Gasteiger charge is 2.14. The van der Waals surface area contributed by atoms with Gasteiger partial charge in [-0.05, 0) is 31.4 Å². The molecule has 0 aliphatic heterocycles. The second-order valence-electron chi connectivity index (χ2n) is 5.64. The first-order valence-electron chi connectivity index (χ1n) is 7.86. The van der Waals surface area contributed by atoms with Crippen LogP contribution in [0, 0.1) is 5.92 Å². The minimum absolute atomic E-state index is 0.630. The molecule has 0 aliphatic rings. The Balaban J connectivity index is 2.04. The molecular formula is C17H27N3O. The van der Waals surface area contributed by atoms with Crippen LogP contribution >= 0.6 is 0 Å². The average molecular weight is 289 g/mol. The van der Waals surface area contributed by atoms with E-state index in [-0.39, 0.29) is 0 Å². The molecule has 116 valence electrons.